The Morgan fingerprint density at radius 2 is 2.10 bits per heavy atom. The largest absolute Gasteiger partial charge is 0.494 e. The van der Waals surface area contributed by atoms with Gasteiger partial charge in [-0.2, -0.15) is 0 Å². The second-order valence-corrected chi connectivity index (χ2v) is 8.71. The Morgan fingerprint density at radius 3 is 2.80 bits per heavy atom. The van der Waals surface area contributed by atoms with Gasteiger partial charge in [-0.1, -0.05) is 0 Å². The highest BCUT2D eigenvalue weighted by Gasteiger charge is 2.30. The number of ether oxygens (including phenoxy) is 1. The maximum Gasteiger partial charge on any atom is 0.260 e. The third kappa shape index (κ3) is 3.25. The molecule has 2 aliphatic rings. The molecule has 8 heteroatoms. The van der Waals surface area contributed by atoms with E-state index in [0.29, 0.717) is 54.8 Å². The topological polar surface area (TPSA) is 96.3 Å². The maximum absolute atomic E-state index is 13.0. The molecule has 158 valence electrons. The molecule has 3 heterocycles. The molecule has 1 aliphatic carbocycles. The number of imidazole rings is 1. The first kappa shape index (κ1) is 19.1. The normalized spacial score (nSPS) is 16.7. The standard InChI is InChI=1S/C22H27N5O3/c1-4-30-15-9-16(13-5-6-13)18-17(10-15)24-21(25-19(18)28)26-7-8-27-14(12-26)11-23-20(27)22(2,3)29/h9-11,13,29H,4-8,12H2,1-3H3,(H,24,25,28). The van der Waals surface area contributed by atoms with Crippen molar-refractivity contribution in [3.05, 3.63) is 45.8 Å². The number of aliphatic hydroxyl groups is 1. The summed E-state index contributed by atoms with van der Waals surface area (Å²) < 4.78 is 7.79. The first-order chi connectivity index (χ1) is 14.3. The molecule has 0 unspecified atom stereocenters. The molecule has 3 aromatic rings. The van der Waals surface area contributed by atoms with Crippen LogP contribution in [0.15, 0.2) is 23.1 Å². The lowest BCUT2D eigenvalue weighted by Gasteiger charge is -2.31. The summed E-state index contributed by atoms with van der Waals surface area (Å²) in [5.74, 6) is 2.40. The number of anilines is 1. The SMILES string of the molecule is CCOc1cc(C2CC2)c2c(=O)[nH]c(N3CCn4c(cnc4C(C)(C)O)C3)nc2c1. The van der Waals surface area contributed by atoms with Crippen LogP contribution in [0.5, 0.6) is 5.75 Å². The van der Waals surface area contributed by atoms with E-state index in [1.807, 2.05) is 23.6 Å². The summed E-state index contributed by atoms with van der Waals surface area (Å²) in [6, 6.07) is 3.86. The van der Waals surface area contributed by atoms with E-state index in [2.05, 4.69) is 14.9 Å². The van der Waals surface area contributed by atoms with Crippen molar-refractivity contribution in [1.29, 1.82) is 0 Å². The molecule has 8 nitrogen and oxygen atoms in total. The second-order valence-electron chi connectivity index (χ2n) is 8.71. The number of aromatic amines is 1. The first-order valence-electron chi connectivity index (χ1n) is 10.6. The van der Waals surface area contributed by atoms with Gasteiger partial charge in [0.2, 0.25) is 5.95 Å². The molecule has 30 heavy (non-hydrogen) atoms. The average Bonchev–Trinajstić information content (AvgIpc) is 3.44. The molecule has 1 fully saturated rings. The summed E-state index contributed by atoms with van der Waals surface area (Å²) >= 11 is 0. The molecule has 1 saturated carbocycles. The zero-order valence-electron chi connectivity index (χ0n) is 17.6. The number of hydrogen-bond donors (Lipinski definition) is 2. The van der Waals surface area contributed by atoms with Crippen molar-refractivity contribution in [3.63, 3.8) is 0 Å². The highest BCUT2D eigenvalue weighted by Crippen LogP contribution is 2.43. The number of aromatic nitrogens is 4. The Hall–Kier alpha value is -2.87. The van der Waals surface area contributed by atoms with Gasteiger partial charge in [-0.3, -0.25) is 9.78 Å². The number of fused-ring (bicyclic) bond motifs is 2. The van der Waals surface area contributed by atoms with E-state index in [1.165, 1.54) is 0 Å². The summed E-state index contributed by atoms with van der Waals surface area (Å²) in [4.78, 5) is 27.3. The number of nitrogens with zero attached hydrogens (tertiary/aromatic N) is 4. The molecule has 0 saturated heterocycles. The van der Waals surface area contributed by atoms with Crippen molar-refractivity contribution in [2.24, 2.45) is 0 Å². The van der Waals surface area contributed by atoms with Crippen LogP contribution in [0, 0.1) is 0 Å². The van der Waals surface area contributed by atoms with E-state index in [9.17, 15) is 9.90 Å². The second kappa shape index (κ2) is 6.84. The van der Waals surface area contributed by atoms with Crippen molar-refractivity contribution >= 4 is 16.9 Å². The van der Waals surface area contributed by atoms with E-state index >= 15 is 0 Å². The maximum atomic E-state index is 13.0. The monoisotopic (exact) mass is 409 g/mol. The lowest BCUT2D eigenvalue weighted by atomic mass is 10.0. The van der Waals surface area contributed by atoms with Gasteiger partial charge in [-0.05, 0) is 51.2 Å². The van der Waals surface area contributed by atoms with Crippen LogP contribution in [-0.2, 0) is 18.7 Å². The van der Waals surface area contributed by atoms with Crippen molar-refractivity contribution in [2.45, 2.75) is 58.2 Å². The zero-order chi connectivity index (χ0) is 21.0. The number of H-pyrrole nitrogens is 1. The molecule has 5 rings (SSSR count). The van der Waals surface area contributed by atoms with Crippen LogP contribution in [0.1, 0.15) is 56.6 Å². The van der Waals surface area contributed by atoms with Gasteiger partial charge in [0.25, 0.3) is 5.56 Å². The number of hydrogen-bond acceptors (Lipinski definition) is 6. The summed E-state index contributed by atoms with van der Waals surface area (Å²) in [7, 11) is 0. The van der Waals surface area contributed by atoms with Crippen LogP contribution in [0.25, 0.3) is 10.9 Å². The molecule has 1 aliphatic heterocycles. The number of rotatable bonds is 5. The van der Waals surface area contributed by atoms with Gasteiger partial charge < -0.3 is 19.3 Å². The number of nitrogens with one attached hydrogen (secondary N) is 1. The van der Waals surface area contributed by atoms with Crippen LogP contribution < -0.4 is 15.2 Å². The molecular formula is C22H27N5O3. The quantitative estimate of drug-likeness (QED) is 0.673. The van der Waals surface area contributed by atoms with Gasteiger partial charge in [-0.15, -0.1) is 0 Å². The Bertz CT molecular complexity index is 1170. The van der Waals surface area contributed by atoms with Crippen LogP contribution in [0.2, 0.25) is 0 Å². The summed E-state index contributed by atoms with van der Waals surface area (Å²) in [6.07, 6.45) is 3.99. The predicted molar refractivity (Wildman–Crippen MR) is 114 cm³/mol. The molecule has 2 N–H and O–H groups in total. The lowest BCUT2D eigenvalue weighted by molar-refractivity contribution is 0.0642. The molecule has 0 spiro atoms. The van der Waals surface area contributed by atoms with Crippen LogP contribution in [0.4, 0.5) is 5.95 Å². The van der Waals surface area contributed by atoms with Crippen LogP contribution in [0.3, 0.4) is 0 Å². The Kier molecular flexibility index (Phi) is 4.36. The van der Waals surface area contributed by atoms with Gasteiger partial charge in [0.05, 0.1) is 35.9 Å². The minimum absolute atomic E-state index is 0.101. The van der Waals surface area contributed by atoms with Gasteiger partial charge >= 0.3 is 0 Å². The van der Waals surface area contributed by atoms with Gasteiger partial charge in [0.15, 0.2) is 0 Å². The van der Waals surface area contributed by atoms with Crippen LogP contribution >= 0.6 is 0 Å². The third-order valence-corrected chi connectivity index (χ3v) is 5.86. The Labute approximate surface area is 174 Å². The molecule has 0 atom stereocenters. The fourth-order valence-corrected chi connectivity index (χ4v) is 4.33. The Balaban J connectivity index is 1.54. The minimum Gasteiger partial charge on any atom is -0.494 e. The summed E-state index contributed by atoms with van der Waals surface area (Å²) in [5, 5.41) is 11.0. The van der Waals surface area contributed by atoms with Crippen LogP contribution in [-0.4, -0.2) is 37.8 Å². The molecule has 0 radical (unpaired) electrons. The predicted octanol–water partition coefficient (Wildman–Crippen LogP) is 2.64. The van der Waals surface area contributed by atoms with E-state index in [-0.39, 0.29) is 5.56 Å². The van der Waals surface area contributed by atoms with Crippen molar-refractivity contribution in [2.75, 3.05) is 18.1 Å². The van der Waals surface area contributed by atoms with E-state index in [0.717, 1.165) is 29.8 Å². The van der Waals surface area contributed by atoms with Gasteiger partial charge in [-0.25, -0.2) is 9.97 Å². The fraction of sp³-hybridized carbons (Fsp3) is 0.500. The van der Waals surface area contributed by atoms with E-state index in [4.69, 9.17) is 9.72 Å². The minimum atomic E-state index is -0.995. The van der Waals surface area contributed by atoms with Gasteiger partial charge in [0.1, 0.15) is 17.2 Å². The highest BCUT2D eigenvalue weighted by atomic mass is 16.5. The molecular weight excluding hydrogens is 382 g/mol. The first-order valence-corrected chi connectivity index (χ1v) is 10.6. The van der Waals surface area contributed by atoms with E-state index in [1.54, 1.807) is 20.0 Å². The third-order valence-electron chi connectivity index (χ3n) is 5.86. The smallest absolute Gasteiger partial charge is 0.260 e. The molecule has 0 amide bonds. The fourth-order valence-electron chi connectivity index (χ4n) is 4.33. The molecule has 2 aromatic heterocycles. The highest BCUT2D eigenvalue weighted by molar-refractivity contribution is 5.85. The van der Waals surface area contributed by atoms with Crippen molar-refractivity contribution in [1.82, 2.24) is 19.5 Å². The number of benzene rings is 1. The van der Waals surface area contributed by atoms with E-state index < -0.39 is 5.60 Å². The Morgan fingerprint density at radius 1 is 1.30 bits per heavy atom. The average molecular weight is 409 g/mol. The zero-order valence-corrected chi connectivity index (χ0v) is 17.6. The summed E-state index contributed by atoms with van der Waals surface area (Å²) in [5.41, 5.74) is 1.62. The molecule has 0 bridgehead atoms. The van der Waals surface area contributed by atoms with Crippen molar-refractivity contribution < 1.29 is 9.84 Å². The van der Waals surface area contributed by atoms with Gasteiger partial charge in [0, 0.05) is 19.2 Å². The lowest BCUT2D eigenvalue weighted by Crippen LogP contribution is -2.37. The van der Waals surface area contributed by atoms with Crippen molar-refractivity contribution in [3.8, 4) is 5.75 Å². The molecule has 1 aromatic carbocycles. The summed E-state index contributed by atoms with van der Waals surface area (Å²) in [6.45, 7) is 7.92.